The summed E-state index contributed by atoms with van der Waals surface area (Å²) in [6.45, 7) is 0. The molecule has 0 aliphatic rings. The third-order valence-electron chi connectivity index (χ3n) is 1.57. The minimum Gasteiger partial charge on any atom is -0.214 e. The van der Waals surface area contributed by atoms with E-state index < -0.39 is 20.2 Å². The third-order valence-corrected chi connectivity index (χ3v) is 3.07. The topological polar surface area (TPSA) is 62.3 Å². The predicted octanol–water partition coefficient (Wildman–Crippen LogP) is 2.46. The van der Waals surface area contributed by atoms with E-state index in [-0.39, 0.29) is 5.69 Å². The Hall–Kier alpha value is -1.62. The molecule has 4 nitrogen and oxygen atoms in total. The molecule has 0 amide bonds. The van der Waals surface area contributed by atoms with Gasteiger partial charge in [-0.2, -0.15) is 13.2 Å². The van der Waals surface area contributed by atoms with Crippen molar-refractivity contribution >= 4 is 15.5 Å². The fourth-order valence-electron chi connectivity index (χ4n) is 0.826. The maximum atomic E-state index is 12.0. The van der Waals surface area contributed by atoms with Crippen LogP contribution in [0.25, 0.3) is 4.98 Å². The van der Waals surface area contributed by atoms with Gasteiger partial charge in [0.1, 0.15) is 0 Å². The molecule has 0 saturated carbocycles. The van der Waals surface area contributed by atoms with Gasteiger partial charge in [-0.05, 0) is 12.1 Å². The monoisotopic (exact) mass is 237 g/mol. The number of sulfone groups is 1. The number of hydrogen-bond acceptors (Lipinski definition) is 3. The number of halogens is 3. The summed E-state index contributed by atoms with van der Waals surface area (Å²) >= 11 is 0. The highest BCUT2D eigenvalue weighted by Crippen LogP contribution is 2.30. The van der Waals surface area contributed by atoms with E-state index >= 15 is 0 Å². The quantitative estimate of drug-likeness (QED) is 0.705. The Balaban J connectivity index is 3.26. The van der Waals surface area contributed by atoms with E-state index in [9.17, 15) is 21.6 Å². The number of hydrogen-bond donors (Lipinski definition) is 0. The van der Waals surface area contributed by atoms with Gasteiger partial charge in [0.15, 0.2) is 4.98 Å². The van der Waals surface area contributed by atoms with Gasteiger partial charge in [-0.3, -0.25) is 0 Å². The lowest BCUT2D eigenvalue weighted by atomic mass is 10.3. The molecule has 0 radical (unpaired) electrons. The second kappa shape index (κ2) is 3.51. The van der Waals surface area contributed by atoms with Crippen LogP contribution < -0.4 is 0 Å². The second-order valence-corrected chi connectivity index (χ2v) is 4.48. The van der Waals surface area contributed by atoms with Crippen LogP contribution in [0.1, 0.15) is 0 Å². The first-order valence-electron chi connectivity index (χ1n) is 3.55. The van der Waals surface area contributed by atoms with Gasteiger partial charge in [-0.25, -0.2) is 8.42 Å². The predicted molar refractivity (Wildman–Crippen MR) is 44.4 cm³/mol. The number of diazo groups is 1. The van der Waals surface area contributed by atoms with Crippen LogP contribution in [0.5, 0.6) is 0 Å². The van der Waals surface area contributed by atoms with Crippen LogP contribution in [-0.2, 0) is 9.84 Å². The fourth-order valence-corrected chi connectivity index (χ4v) is 1.59. The average Bonchev–Trinajstić information content (AvgIpc) is 2.16. The van der Waals surface area contributed by atoms with Gasteiger partial charge in [0.2, 0.25) is 5.39 Å². The zero-order valence-corrected chi connectivity index (χ0v) is 7.88. The van der Waals surface area contributed by atoms with Crippen LogP contribution in [-0.4, -0.2) is 13.9 Å². The smallest absolute Gasteiger partial charge is 0.214 e. The highest BCUT2D eigenvalue weighted by molar-refractivity contribution is 7.92. The Morgan fingerprint density at radius 1 is 1.13 bits per heavy atom. The molecule has 0 heterocycles. The van der Waals surface area contributed by atoms with Crippen LogP contribution in [0.15, 0.2) is 29.2 Å². The maximum Gasteiger partial charge on any atom is 0.501 e. The lowest BCUT2D eigenvalue weighted by Gasteiger charge is -2.06. The first kappa shape index (κ1) is 11.5. The summed E-state index contributed by atoms with van der Waals surface area (Å²) in [6, 6.07) is 3.35. The zero-order valence-electron chi connectivity index (χ0n) is 7.06. The lowest BCUT2D eigenvalue weighted by molar-refractivity contribution is -0.0436. The van der Waals surface area contributed by atoms with Crippen molar-refractivity contribution in [2.24, 2.45) is 0 Å². The molecule has 15 heavy (non-hydrogen) atoms. The largest absolute Gasteiger partial charge is 0.501 e. The lowest BCUT2D eigenvalue weighted by Crippen LogP contribution is -2.23. The highest BCUT2D eigenvalue weighted by atomic mass is 32.2. The molecule has 0 saturated heterocycles. The molecular formula is C7H4F3N2O2S+. The fraction of sp³-hybridized carbons (Fsp3) is 0.143. The molecule has 1 aromatic carbocycles. The van der Waals surface area contributed by atoms with Gasteiger partial charge in [0.25, 0.3) is 9.84 Å². The van der Waals surface area contributed by atoms with E-state index in [1.807, 2.05) is 0 Å². The molecule has 0 N–H and O–H groups in total. The molecule has 1 aromatic rings. The Labute approximate surface area is 82.9 Å². The summed E-state index contributed by atoms with van der Waals surface area (Å²) in [5.41, 5.74) is -5.36. The van der Waals surface area contributed by atoms with Crippen LogP contribution in [0.2, 0.25) is 0 Å². The summed E-state index contributed by atoms with van der Waals surface area (Å²) < 4.78 is 57.8. The van der Waals surface area contributed by atoms with Gasteiger partial charge in [0.05, 0.1) is 4.90 Å². The summed E-state index contributed by atoms with van der Waals surface area (Å²) in [6.07, 6.45) is 0. The van der Waals surface area contributed by atoms with Crippen LogP contribution in [0, 0.1) is 5.39 Å². The highest BCUT2D eigenvalue weighted by Gasteiger charge is 2.46. The first-order chi connectivity index (χ1) is 6.79. The normalized spacial score (nSPS) is 12.1. The number of alkyl halides is 3. The molecule has 80 valence electrons. The van der Waals surface area contributed by atoms with Crippen molar-refractivity contribution in [1.29, 1.82) is 5.39 Å². The van der Waals surface area contributed by atoms with E-state index in [0.29, 0.717) is 0 Å². The third kappa shape index (κ3) is 2.07. The summed E-state index contributed by atoms with van der Waals surface area (Å²) in [5, 5.41) is 8.24. The summed E-state index contributed by atoms with van der Waals surface area (Å²) in [4.78, 5) is 1.79. The minimum absolute atomic E-state index is 0.0314. The molecule has 0 fully saturated rings. The van der Waals surface area contributed by atoms with Crippen LogP contribution in [0.3, 0.4) is 0 Å². The molecule has 0 atom stereocenters. The van der Waals surface area contributed by atoms with E-state index in [4.69, 9.17) is 5.39 Å². The van der Waals surface area contributed by atoms with Gasteiger partial charge < -0.3 is 0 Å². The van der Waals surface area contributed by atoms with Crippen molar-refractivity contribution in [3.63, 3.8) is 0 Å². The Bertz CT molecular complexity index is 499. The van der Waals surface area contributed by atoms with Crippen molar-refractivity contribution in [1.82, 2.24) is 0 Å². The van der Waals surface area contributed by atoms with E-state index in [0.717, 1.165) is 24.3 Å². The molecule has 0 aliphatic carbocycles. The molecule has 0 spiro atoms. The van der Waals surface area contributed by atoms with E-state index in [1.54, 1.807) is 0 Å². The van der Waals surface area contributed by atoms with Gasteiger partial charge in [-0.1, -0.05) is 0 Å². The van der Waals surface area contributed by atoms with E-state index in [2.05, 4.69) is 4.98 Å². The molecule has 8 heteroatoms. The summed E-state index contributed by atoms with van der Waals surface area (Å²) in [5.74, 6) is 0. The van der Waals surface area contributed by atoms with Crippen molar-refractivity contribution in [2.45, 2.75) is 10.4 Å². The number of benzene rings is 1. The van der Waals surface area contributed by atoms with Gasteiger partial charge >= 0.3 is 11.2 Å². The summed E-state index contributed by atoms with van der Waals surface area (Å²) in [7, 11) is -5.32. The SMILES string of the molecule is N#[N+]c1ccc(S(=O)(=O)C(F)(F)F)cc1. The Morgan fingerprint density at radius 3 is 1.93 bits per heavy atom. The molecule has 0 aliphatic heterocycles. The zero-order chi connectivity index (χ0) is 11.7. The standard InChI is InChI=1S/C7H4F3N2O2S/c8-7(9,10)15(13,14)6-3-1-5(12-11)2-4-6/h1-4H/q+1. The first-order valence-corrected chi connectivity index (χ1v) is 5.04. The second-order valence-electron chi connectivity index (χ2n) is 2.54. The number of nitrogens with zero attached hydrogens (tertiary/aromatic N) is 2. The maximum absolute atomic E-state index is 12.0. The molecular weight excluding hydrogens is 233 g/mol. The molecule has 0 unspecified atom stereocenters. The van der Waals surface area contributed by atoms with Crippen molar-refractivity contribution in [2.75, 3.05) is 0 Å². The molecule has 0 aromatic heterocycles. The van der Waals surface area contributed by atoms with Crippen molar-refractivity contribution in [3.8, 4) is 0 Å². The Morgan fingerprint density at radius 2 is 1.60 bits per heavy atom. The van der Waals surface area contributed by atoms with E-state index in [1.165, 1.54) is 0 Å². The minimum atomic E-state index is -5.33. The van der Waals surface area contributed by atoms with Gasteiger partial charge in [-0.15, -0.1) is 0 Å². The van der Waals surface area contributed by atoms with Crippen molar-refractivity contribution < 1.29 is 21.6 Å². The van der Waals surface area contributed by atoms with Crippen molar-refractivity contribution in [3.05, 3.63) is 29.2 Å². The average molecular weight is 237 g/mol. The van der Waals surface area contributed by atoms with Crippen LogP contribution in [0.4, 0.5) is 18.9 Å². The number of rotatable bonds is 1. The Kier molecular flexibility index (Phi) is 2.68. The molecule has 0 bridgehead atoms. The molecule has 1 rings (SSSR count). The van der Waals surface area contributed by atoms with Crippen LogP contribution >= 0.6 is 0 Å². The van der Waals surface area contributed by atoms with Gasteiger partial charge in [0, 0.05) is 12.1 Å².